The molecule has 33 heavy (non-hydrogen) atoms. The highest BCUT2D eigenvalue weighted by Crippen LogP contribution is 2.43. The zero-order valence-corrected chi connectivity index (χ0v) is 17.4. The van der Waals surface area contributed by atoms with E-state index >= 15 is 0 Å². The molecule has 0 radical (unpaired) electrons. The Labute approximate surface area is 187 Å². The van der Waals surface area contributed by atoms with Gasteiger partial charge in [-0.1, -0.05) is 5.16 Å². The number of carbonyl (C=O) groups excluding carboxylic acids is 2. The van der Waals surface area contributed by atoms with Crippen molar-refractivity contribution >= 4 is 11.8 Å². The number of nitrogens with one attached hydrogen (secondary N) is 3. The number of hydrogen-bond donors (Lipinski definition) is 3. The summed E-state index contributed by atoms with van der Waals surface area (Å²) in [5, 5.41) is 12.6. The summed E-state index contributed by atoms with van der Waals surface area (Å²) in [6, 6.07) is 6.00. The van der Waals surface area contributed by atoms with Gasteiger partial charge in [0.25, 0.3) is 5.91 Å². The van der Waals surface area contributed by atoms with Crippen molar-refractivity contribution < 1.29 is 22.9 Å². The van der Waals surface area contributed by atoms with E-state index in [4.69, 9.17) is 4.52 Å². The first-order chi connectivity index (χ1) is 15.9. The maximum atomic E-state index is 14.0. The zero-order chi connectivity index (χ0) is 23.1. The summed E-state index contributed by atoms with van der Waals surface area (Å²) < 4.78 is 32.2. The van der Waals surface area contributed by atoms with E-state index in [1.54, 1.807) is 18.5 Å². The fraction of sp³-hybridized carbons (Fsp3) is 0.318. The van der Waals surface area contributed by atoms with Crippen LogP contribution in [0.4, 0.5) is 8.78 Å². The molecule has 0 unspecified atom stereocenters. The lowest BCUT2D eigenvalue weighted by molar-refractivity contribution is -0.124. The van der Waals surface area contributed by atoms with Gasteiger partial charge in [0, 0.05) is 37.6 Å². The monoisotopic (exact) mass is 454 g/mol. The number of nitrogens with zero attached hydrogens (tertiary/aromatic N) is 3. The highest BCUT2D eigenvalue weighted by Gasteiger charge is 2.50. The Morgan fingerprint density at radius 3 is 2.48 bits per heavy atom. The van der Waals surface area contributed by atoms with Crippen molar-refractivity contribution in [2.24, 2.45) is 0 Å². The van der Waals surface area contributed by atoms with Crippen molar-refractivity contribution in [2.75, 3.05) is 13.1 Å². The van der Waals surface area contributed by atoms with E-state index in [0.29, 0.717) is 18.9 Å². The van der Waals surface area contributed by atoms with Crippen LogP contribution in [0.1, 0.15) is 35.6 Å². The summed E-state index contributed by atoms with van der Waals surface area (Å²) >= 11 is 0. The first-order valence-electron chi connectivity index (χ1n) is 10.4. The highest BCUT2D eigenvalue weighted by atomic mass is 19.1. The molecule has 1 saturated heterocycles. The van der Waals surface area contributed by atoms with Gasteiger partial charge in [-0.25, -0.2) is 18.7 Å². The van der Waals surface area contributed by atoms with Crippen LogP contribution in [-0.4, -0.2) is 45.6 Å². The minimum atomic E-state index is -0.828. The average Bonchev–Trinajstić information content (AvgIpc) is 3.37. The number of amides is 2. The third kappa shape index (κ3) is 4.19. The molecule has 0 spiro atoms. The van der Waals surface area contributed by atoms with Crippen molar-refractivity contribution in [2.45, 2.75) is 30.3 Å². The molecule has 2 aliphatic rings. The molecule has 3 heterocycles. The minimum Gasteiger partial charge on any atom is -0.355 e. The maximum absolute atomic E-state index is 14.0. The molecule has 1 aromatic carbocycles. The molecule has 0 bridgehead atoms. The Morgan fingerprint density at radius 2 is 1.85 bits per heavy atom. The number of hydrogen-bond acceptors (Lipinski definition) is 7. The van der Waals surface area contributed by atoms with Gasteiger partial charge in [-0.2, -0.15) is 0 Å². The van der Waals surface area contributed by atoms with Crippen molar-refractivity contribution in [3.8, 4) is 11.3 Å². The molecule has 1 aliphatic carbocycles. The molecular formula is C22H20F2N6O3. The standard InChI is InChI=1S/C22H20F2N6O3/c23-13-2-3-14(15(24)8-13)17-9-16(30-33-17)19(32)29-21(11-25-12-21)10-18(31)28-22(4-5-22)20-26-6-1-7-27-20/h1-3,6-9,25H,4-5,10-12H2,(H,28,31)(H,29,32). The Hall–Kier alpha value is -3.73. The summed E-state index contributed by atoms with van der Waals surface area (Å²) in [5.41, 5.74) is -1.44. The van der Waals surface area contributed by atoms with E-state index in [1.165, 1.54) is 12.1 Å². The molecular weight excluding hydrogens is 434 g/mol. The molecule has 5 rings (SSSR count). The number of carbonyl (C=O) groups is 2. The van der Waals surface area contributed by atoms with E-state index in [-0.39, 0.29) is 29.3 Å². The second-order valence-electron chi connectivity index (χ2n) is 8.42. The fourth-order valence-corrected chi connectivity index (χ4v) is 3.88. The van der Waals surface area contributed by atoms with Gasteiger partial charge in [-0.05, 0) is 31.0 Å². The lowest BCUT2D eigenvalue weighted by Crippen LogP contribution is -2.70. The van der Waals surface area contributed by atoms with Crippen LogP contribution in [0.15, 0.2) is 47.2 Å². The van der Waals surface area contributed by atoms with Gasteiger partial charge in [0.2, 0.25) is 5.91 Å². The van der Waals surface area contributed by atoms with Crippen molar-refractivity contribution in [1.29, 1.82) is 0 Å². The van der Waals surface area contributed by atoms with Crippen molar-refractivity contribution in [3.05, 3.63) is 65.9 Å². The Kier molecular flexibility index (Phi) is 5.12. The van der Waals surface area contributed by atoms with Gasteiger partial charge in [-0.3, -0.25) is 9.59 Å². The first kappa shape index (κ1) is 21.1. The summed E-state index contributed by atoms with van der Waals surface area (Å²) in [7, 11) is 0. The molecule has 170 valence electrons. The van der Waals surface area contributed by atoms with Gasteiger partial charge in [0.05, 0.1) is 23.1 Å². The molecule has 11 heteroatoms. The number of aromatic nitrogens is 3. The molecule has 2 amide bonds. The fourth-order valence-electron chi connectivity index (χ4n) is 3.88. The highest BCUT2D eigenvalue weighted by molar-refractivity contribution is 5.94. The summed E-state index contributed by atoms with van der Waals surface area (Å²) in [5.74, 6) is -1.77. The normalized spacial score (nSPS) is 17.6. The summed E-state index contributed by atoms with van der Waals surface area (Å²) in [6.45, 7) is 0.802. The van der Waals surface area contributed by atoms with Gasteiger partial charge in [0.1, 0.15) is 11.6 Å². The van der Waals surface area contributed by atoms with E-state index in [1.807, 2.05) is 0 Å². The maximum Gasteiger partial charge on any atom is 0.274 e. The van der Waals surface area contributed by atoms with Crippen LogP contribution in [0.2, 0.25) is 0 Å². The second-order valence-corrected chi connectivity index (χ2v) is 8.42. The van der Waals surface area contributed by atoms with Gasteiger partial charge < -0.3 is 20.5 Å². The number of benzene rings is 1. The van der Waals surface area contributed by atoms with Gasteiger partial charge >= 0.3 is 0 Å². The van der Waals surface area contributed by atoms with Crippen LogP contribution in [0.25, 0.3) is 11.3 Å². The Bertz CT molecular complexity index is 1210. The molecule has 1 saturated carbocycles. The van der Waals surface area contributed by atoms with E-state index in [9.17, 15) is 18.4 Å². The first-order valence-corrected chi connectivity index (χ1v) is 10.4. The van der Waals surface area contributed by atoms with Gasteiger partial charge in [-0.15, -0.1) is 0 Å². The third-order valence-corrected chi connectivity index (χ3v) is 5.87. The van der Waals surface area contributed by atoms with E-state index in [2.05, 4.69) is 31.1 Å². The summed E-state index contributed by atoms with van der Waals surface area (Å²) in [6.07, 6.45) is 4.83. The van der Waals surface area contributed by atoms with Crippen molar-refractivity contribution in [3.63, 3.8) is 0 Å². The molecule has 9 nitrogen and oxygen atoms in total. The molecule has 1 aliphatic heterocycles. The average molecular weight is 454 g/mol. The van der Waals surface area contributed by atoms with Crippen LogP contribution >= 0.6 is 0 Å². The van der Waals surface area contributed by atoms with Crippen LogP contribution in [0, 0.1) is 11.6 Å². The smallest absolute Gasteiger partial charge is 0.274 e. The Balaban J connectivity index is 1.25. The van der Waals surface area contributed by atoms with Crippen molar-refractivity contribution in [1.82, 2.24) is 31.1 Å². The van der Waals surface area contributed by atoms with Crippen LogP contribution < -0.4 is 16.0 Å². The predicted molar refractivity (Wildman–Crippen MR) is 111 cm³/mol. The van der Waals surface area contributed by atoms with E-state index in [0.717, 1.165) is 25.0 Å². The second kappa shape index (κ2) is 8.00. The molecule has 2 aromatic heterocycles. The summed E-state index contributed by atoms with van der Waals surface area (Å²) in [4.78, 5) is 34.1. The minimum absolute atomic E-state index is 0.00489. The van der Waals surface area contributed by atoms with Gasteiger partial charge in [0.15, 0.2) is 17.3 Å². The molecule has 3 aromatic rings. The topological polar surface area (TPSA) is 122 Å². The quantitative estimate of drug-likeness (QED) is 0.497. The SMILES string of the molecule is O=C(CC1(NC(=O)c2cc(-c3ccc(F)cc3F)on2)CNC1)NC1(c2ncccn2)CC1. The lowest BCUT2D eigenvalue weighted by Gasteiger charge is -2.42. The van der Waals surface area contributed by atoms with Crippen LogP contribution in [0.3, 0.4) is 0 Å². The lowest BCUT2D eigenvalue weighted by atomic mass is 9.87. The number of rotatable bonds is 7. The van der Waals surface area contributed by atoms with Crippen LogP contribution in [-0.2, 0) is 10.3 Å². The van der Waals surface area contributed by atoms with Crippen LogP contribution in [0.5, 0.6) is 0 Å². The third-order valence-electron chi connectivity index (χ3n) is 5.87. The number of halogens is 2. The molecule has 2 fully saturated rings. The largest absolute Gasteiger partial charge is 0.355 e. The Morgan fingerprint density at radius 1 is 1.09 bits per heavy atom. The molecule has 0 atom stereocenters. The molecule has 3 N–H and O–H groups in total. The predicted octanol–water partition coefficient (Wildman–Crippen LogP) is 1.68. The van der Waals surface area contributed by atoms with E-state index < -0.39 is 28.6 Å². The zero-order valence-electron chi connectivity index (χ0n) is 17.4.